The molecule has 7 heteroatoms. The molecule has 0 unspecified atom stereocenters. The highest BCUT2D eigenvalue weighted by Gasteiger charge is 2.18. The smallest absolute Gasteiger partial charge is 0.200 e. The third-order valence-corrected chi connectivity index (χ3v) is 4.87. The SMILES string of the molecule is CCc1cc(-c2n[nH]c(=S)n2-c2cccc3ccccc23)c(O)cc1N=O. The lowest BCUT2D eigenvalue weighted by Gasteiger charge is -2.12. The van der Waals surface area contributed by atoms with Crippen molar-refractivity contribution in [3.8, 4) is 22.8 Å². The van der Waals surface area contributed by atoms with Crippen LogP contribution in [-0.4, -0.2) is 19.9 Å². The van der Waals surface area contributed by atoms with Crippen molar-refractivity contribution in [3.63, 3.8) is 0 Å². The summed E-state index contributed by atoms with van der Waals surface area (Å²) in [5.74, 6) is 0.401. The van der Waals surface area contributed by atoms with E-state index in [9.17, 15) is 10.0 Å². The molecule has 4 aromatic rings. The molecule has 0 aliphatic carbocycles. The van der Waals surface area contributed by atoms with Gasteiger partial charge in [0.25, 0.3) is 0 Å². The van der Waals surface area contributed by atoms with E-state index in [1.807, 2.05) is 49.4 Å². The third kappa shape index (κ3) is 2.82. The molecule has 1 heterocycles. The molecule has 0 bridgehead atoms. The average Bonchev–Trinajstić information content (AvgIpc) is 3.08. The molecule has 6 nitrogen and oxygen atoms in total. The zero-order valence-corrected chi connectivity index (χ0v) is 15.3. The van der Waals surface area contributed by atoms with Gasteiger partial charge < -0.3 is 5.11 Å². The second-order valence-corrected chi connectivity index (χ2v) is 6.52. The number of rotatable bonds is 4. The number of fused-ring (bicyclic) bond motifs is 1. The fraction of sp³-hybridized carbons (Fsp3) is 0.100. The predicted molar refractivity (Wildman–Crippen MR) is 108 cm³/mol. The Kier molecular flexibility index (Phi) is 4.29. The largest absolute Gasteiger partial charge is 0.507 e. The monoisotopic (exact) mass is 376 g/mol. The fourth-order valence-electron chi connectivity index (χ4n) is 3.27. The highest BCUT2D eigenvalue weighted by Crippen LogP contribution is 2.36. The van der Waals surface area contributed by atoms with Gasteiger partial charge in [-0.25, -0.2) is 0 Å². The number of phenolic OH excluding ortho intramolecular Hbond substituents is 1. The number of hydrogen-bond donors (Lipinski definition) is 2. The Bertz CT molecular complexity index is 1220. The molecule has 0 aliphatic heterocycles. The summed E-state index contributed by atoms with van der Waals surface area (Å²) in [5, 5.41) is 22.7. The molecule has 0 atom stereocenters. The van der Waals surface area contributed by atoms with Gasteiger partial charge in [0.1, 0.15) is 11.4 Å². The Morgan fingerprint density at radius 1 is 1.19 bits per heavy atom. The zero-order valence-electron chi connectivity index (χ0n) is 14.5. The number of aromatic amines is 1. The minimum atomic E-state index is -0.0720. The lowest BCUT2D eigenvalue weighted by molar-refractivity contribution is 0.476. The molecule has 1 aromatic heterocycles. The van der Waals surface area contributed by atoms with Gasteiger partial charge in [0.2, 0.25) is 0 Å². The van der Waals surface area contributed by atoms with E-state index in [4.69, 9.17) is 12.2 Å². The molecule has 0 amide bonds. The quantitative estimate of drug-likeness (QED) is 0.368. The lowest BCUT2D eigenvalue weighted by Crippen LogP contribution is -1.99. The van der Waals surface area contributed by atoms with Crippen LogP contribution in [0.3, 0.4) is 0 Å². The highest BCUT2D eigenvalue weighted by atomic mass is 32.1. The number of nitroso groups, excluding NO2 is 1. The van der Waals surface area contributed by atoms with Gasteiger partial charge in [-0.3, -0.25) is 9.67 Å². The molecule has 0 spiro atoms. The summed E-state index contributed by atoms with van der Waals surface area (Å²) < 4.78 is 2.21. The topological polar surface area (TPSA) is 83.3 Å². The van der Waals surface area contributed by atoms with Crippen LogP contribution in [0.5, 0.6) is 5.75 Å². The summed E-state index contributed by atoms with van der Waals surface area (Å²) in [6, 6.07) is 17.0. The van der Waals surface area contributed by atoms with E-state index in [0.29, 0.717) is 22.6 Å². The summed E-state index contributed by atoms with van der Waals surface area (Å²) in [6.45, 7) is 1.92. The van der Waals surface area contributed by atoms with Gasteiger partial charge in [0.05, 0.1) is 11.3 Å². The number of benzene rings is 3. The van der Waals surface area contributed by atoms with Crippen molar-refractivity contribution in [2.45, 2.75) is 13.3 Å². The molecule has 0 fully saturated rings. The number of nitrogens with one attached hydrogen (secondary N) is 1. The van der Waals surface area contributed by atoms with Gasteiger partial charge in [-0.1, -0.05) is 43.3 Å². The first-order valence-electron chi connectivity index (χ1n) is 8.49. The van der Waals surface area contributed by atoms with Crippen molar-refractivity contribution in [2.24, 2.45) is 5.18 Å². The number of hydrogen-bond acceptors (Lipinski definition) is 5. The summed E-state index contributed by atoms with van der Waals surface area (Å²) in [6.07, 6.45) is 0.605. The van der Waals surface area contributed by atoms with Crippen LogP contribution in [0.1, 0.15) is 12.5 Å². The van der Waals surface area contributed by atoms with Crippen LogP contribution >= 0.6 is 12.2 Å². The van der Waals surface area contributed by atoms with Crippen LogP contribution in [-0.2, 0) is 6.42 Å². The highest BCUT2D eigenvalue weighted by molar-refractivity contribution is 7.71. The van der Waals surface area contributed by atoms with E-state index < -0.39 is 0 Å². The first-order valence-corrected chi connectivity index (χ1v) is 8.90. The molecule has 0 saturated heterocycles. The Hall–Kier alpha value is -3.32. The maximum absolute atomic E-state index is 11.0. The van der Waals surface area contributed by atoms with Crippen LogP contribution < -0.4 is 0 Å². The summed E-state index contributed by atoms with van der Waals surface area (Å²) in [4.78, 5) is 11.0. The van der Waals surface area contributed by atoms with E-state index in [1.165, 1.54) is 6.07 Å². The van der Waals surface area contributed by atoms with Crippen LogP contribution in [0.2, 0.25) is 0 Å². The standard InChI is InChI=1S/C20H16N4O2S/c1-2-12-10-15(18(25)11-16(12)23-26)19-21-22-20(27)24(19)17-9-5-7-13-6-3-4-8-14(13)17/h3-11,25H,2H2,1H3,(H,22,27). The average molecular weight is 376 g/mol. The van der Waals surface area contributed by atoms with E-state index in [0.717, 1.165) is 22.0 Å². The lowest BCUT2D eigenvalue weighted by atomic mass is 10.0. The minimum Gasteiger partial charge on any atom is -0.507 e. The van der Waals surface area contributed by atoms with Crippen LogP contribution in [0.15, 0.2) is 59.8 Å². The van der Waals surface area contributed by atoms with Gasteiger partial charge in [-0.05, 0) is 46.9 Å². The number of aryl methyl sites for hydroxylation is 1. The first-order chi connectivity index (χ1) is 13.1. The predicted octanol–water partition coefficient (Wildman–Crippen LogP) is 5.42. The second kappa shape index (κ2) is 6.77. The minimum absolute atomic E-state index is 0.0720. The Labute approximate surface area is 160 Å². The van der Waals surface area contributed by atoms with E-state index >= 15 is 0 Å². The van der Waals surface area contributed by atoms with E-state index in [2.05, 4.69) is 15.4 Å². The summed E-state index contributed by atoms with van der Waals surface area (Å²) >= 11 is 5.47. The van der Waals surface area contributed by atoms with Crippen LogP contribution in [0, 0.1) is 9.68 Å². The number of H-pyrrole nitrogens is 1. The number of aromatic hydroxyl groups is 1. The van der Waals surface area contributed by atoms with E-state index in [1.54, 1.807) is 10.6 Å². The molecule has 0 saturated carbocycles. The summed E-state index contributed by atoms with van der Waals surface area (Å²) in [7, 11) is 0. The van der Waals surface area contributed by atoms with Crippen molar-refractivity contribution in [1.29, 1.82) is 0 Å². The maximum atomic E-state index is 11.0. The molecule has 134 valence electrons. The first kappa shape index (κ1) is 17.1. The third-order valence-electron chi connectivity index (χ3n) is 4.60. The van der Waals surface area contributed by atoms with Gasteiger partial charge in [0, 0.05) is 11.5 Å². The van der Waals surface area contributed by atoms with Crippen molar-refractivity contribution in [3.05, 3.63) is 69.8 Å². The van der Waals surface area contributed by atoms with Gasteiger partial charge in [-0.15, -0.1) is 4.91 Å². The molecule has 4 rings (SSSR count). The molecular formula is C20H16N4O2S. The molecule has 3 aromatic carbocycles. The molecule has 0 aliphatic rings. The second-order valence-electron chi connectivity index (χ2n) is 6.13. The number of nitrogens with zero attached hydrogens (tertiary/aromatic N) is 3. The maximum Gasteiger partial charge on any atom is 0.200 e. The van der Waals surface area contributed by atoms with E-state index in [-0.39, 0.29) is 11.4 Å². The van der Waals surface area contributed by atoms with Gasteiger partial charge in [-0.2, -0.15) is 5.10 Å². The molecular weight excluding hydrogens is 360 g/mol. The normalized spacial score (nSPS) is 11.0. The van der Waals surface area contributed by atoms with Gasteiger partial charge in [0.15, 0.2) is 10.6 Å². The molecule has 0 radical (unpaired) electrons. The van der Waals surface area contributed by atoms with Crippen molar-refractivity contribution in [2.75, 3.05) is 0 Å². The van der Waals surface area contributed by atoms with Crippen LogP contribution in [0.4, 0.5) is 5.69 Å². The van der Waals surface area contributed by atoms with Crippen LogP contribution in [0.25, 0.3) is 27.8 Å². The van der Waals surface area contributed by atoms with Crippen molar-refractivity contribution < 1.29 is 5.11 Å². The fourth-order valence-corrected chi connectivity index (χ4v) is 3.50. The Morgan fingerprint density at radius 3 is 2.74 bits per heavy atom. The summed E-state index contributed by atoms with van der Waals surface area (Å²) in [5.41, 5.74) is 2.30. The Morgan fingerprint density at radius 2 is 1.96 bits per heavy atom. The van der Waals surface area contributed by atoms with Crippen molar-refractivity contribution in [1.82, 2.24) is 14.8 Å². The van der Waals surface area contributed by atoms with Crippen molar-refractivity contribution >= 4 is 28.7 Å². The molecule has 2 N–H and O–H groups in total. The Balaban J connectivity index is 2.02. The van der Waals surface area contributed by atoms with Gasteiger partial charge >= 0.3 is 0 Å². The molecule has 27 heavy (non-hydrogen) atoms. The number of aromatic nitrogens is 3. The zero-order chi connectivity index (χ0) is 19.0. The number of phenols is 1.